The predicted molar refractivity (Wildman–Crippen MR) is 99.4 cm³/mol. The SMILES string of the molecule is CCOc1ccc(CC(NC(=O)c2ccccc2)C(N)=O)cc1OCC. The second-order valence-corrected chi connectivity index (χ2v) is 5.65. The molecule has 0 bridgehead atoms. The van der Waals surface area contributed by atoms with Crippen LogP contribution in [0, 0.1) is 0 Å². The fourth-order valence-corrected chi connectivity index (χ4v) is 2.51. The van der Waals surface area contributed by atoms with Gasteiger partial charge in [-0.2, -0.15) is 0 Å². The van der Waals surface area contributed by atoms with Gasteiger partial charge in [0.2, 0.25) is 5.91 Å². The first-order chi connectivity index (χ1) is 12.5. The molecule has 0 spiro atoms. The van der Waals surface area contributed by atoms with Crippen LogP contribution in [0.5, 0.6) is 11.5 Å². The van der Waals surface area contributed by atoms with Crippen LogP contribution in [0.25, 0.3) is 0 Å². The molecule has 2 amide bonds. The zero-order valence-corrected chi connectivity index (χ0v) is 15.0. The smallest absolute Gasteiger partial charge is 0.251 e. The van der Waals surface area contributed by atoms with Crippen molar-refractivity contribution in [2.75, 3.05) is 13.2 Å². The van der Waals surface area contributed by atoms with Crippen LogP contribution >= 0.6 is 0 Å². The van der Waals surface area contributed by atoms with Gasteiger partial charge in [-0.3, -0.25) is 9.59 Å². The van der Waals surface area contributed by atoms with E-state index in [0.29, 0.717) is 30.3 Å². The number of hydrogen-bond donors (Lipinski definition) is 2. The molecule has 1 atom stereocenters. The Morgan fingerprint density at radius 3 is 2.27 bits per heavy atom. The second-order valence-electron chi connectivity index (χ2n) is 5.65. The molecule has 26 heavy (non-hydrogen) atoms. The summed E-state index contributed by atoms with van der Waals surface area (Å²) in [6, 6.07) is 13.3. The Bertz CT molecular complexity index is 747. The van der Waals surface area contributed by atoms with Crippen molar-refractivity contribution in [2.45, 2.75) is 26.3 Å². The first kappa shape index (κ1) is 19.3. The summed E-state index contributed by atoms with van der Waals surface area (Å²) in [6.07, 6.45) is 0.264. The molecule has 0 aliphatic heterocycles. The Kier molecular flexibility index (Phi) is 7.02. The summed E-state index contributed by atoms with van der Waals surface area (Å²) in [5, 5.41) is 2.69. The summed E-state index contributed by atoms with van der Waals surface area (Å²) in [4.78, 5) is 24.1. The van der Waals surface area contributed by atoms with Gasteiger partial charge in [0.25, 0.3) is 5.91 Å². The molecule has 0 aliphatic carbocycles. The van der Waals surface area contributed by atoms with E-state index < -0.39 is 11.9 Å². The third-order valence-electron chi connectivity index (χ3n) is 3.73. The maximum atomic E-state index is 12.3. The molecule has 1 unspecified atom stereocenters. The van der Waals surface area contributed by atoms with Gasteiger partial charge in [-0.05, 0) is 43.7 Å². The molecule has 138 valence electrons. The number of hydrogen-bond acceptors (Lipinski definition) is 4. The van der Waals surface area contributed by atoms with Gasteiger partial charge in [-0.1, -0.05) is 24.3 Å². The molecule has 0 saturated heterocycles. The summed E-state index contributed by atoms with van der Waals surface area (Å²) >= 11 is 0. The molecule has 2 aromatic rings. The Labute approximate surface area is 153 Å². The van der Waals surface area contributed by atoms with Gasteiger partial charge in [0.05, 0.1) is 13.2 Å². The van der Waals surface area contributed by atoms with Gasteiger partial charge in [-0.25, -0.2) is 0 Å². The highest BCUT2D eigenvalue weighted by molar-refractivity contribution is 5.97. The first-order valence-electron chi connectivity index (χ1n) is 8.58. The summed E-state index contributed by atoms with van der Waals surface area (Å²) in [6.45, 7) is 4.80. The lowest BCUT2D eigenvalue weighted by Gasteiger charge is -2.17. The number of primary amides is 1. The minimum atomic E-state index is -0.824. The molecular weight excluding hydrogens is 332 g/mol. The van der Waals surface area contributed by atoms with E-state index in [1.54, 1.807) is 36.4 Å². The standard InChI is InChI=1S/C20H24N2O4/c1-3-25-17-11-10-14(13-18(17)26-4-2)12-16(19(21)23)22-20(24)15-8-6-5-7-9-15/h5-11,13,16H,3-4,12H2,1-2H3,(H2,21,23)(H,22,24). The maximum absolute atomic E-state index is 12.3. The summed E-state index contributed by atoms with van der Waals surface area (Å²) in [7, 11) is 0. The fraction of sp³-hybridized carbons (Fsp3) is 0.300. The number of ether oxygens (including phenoxy) is 2. The fourth-order valence-electron chi connectivity index (χ4n) is 2.51. The largest absolute Gasteiger partial charge is 0.490 e. The molecule has 2 aromatic carbocycles. The summed E-state index contributed by atoms with van der Waals surface area (Å²) in [5.74, 6) is 0.304. The van der Waals surface area contributed by atoms with Crippen molar-refractivity contribution in [2.24, 2.45) is 5.73 Å². The van der Waals surface area contributed by atoms with E-state index in [1.165, 1.54) is 0 Å². The van der Waals surface area contributed by atoms with Gasteiger partial charge in [0.15, 0.2) is 11.5 Å². The van der Waals surface area contributed by atoms with Gasteiger partial charge in [0.1, 0.15) is 6.04 Å². The van der Waals surface area contributed by atoms with E-state index in [2.05, 4.69) is 5.32 Å². The van der Waals surface area contributed by atoms with Crippen molar-refractivity contribution >= 4 is 11.8 Å². The minimum absolute atomic E-state index is 0.264. The molecule has 6 heteroatoms. The second kappa shape index (κ2) is 9.46. The van der Waals surface area contributed by atoms with Crippen molar-refractivity contribution in [3.63, 3.8) is 0 Å². The van der Waals surface area contributed by atoms with Gasteiger partial charge in [-0.15, -0.1) is 0 Å². The number of rotatable bonds is 9. The van der Waals surface area contributed by atoms with Crippen molar-refractivity contribution in [3.8, 4) is 11.5 Å². The lowest BCUT2D eigenvalue weighted by Crippen LogP contribution is -2.45. The van der Waals surface area contributed by atoms with E-state index in [0.717, 1.165) is 5.56 Å². The molecule has 6 nitrogen and oxygen atoms in total. The van der Waals surface area contributed by atoms with Crippen LogP contribution in [-0.4, -0.2) is 31.1 Å². The van der Waals surface area contributed by atoms with Gasteiger partial charge >= 0.3 is 0 Å². The Morgan fingerprint density at radius 2 is 1.65 bits per heavy atom. The van der Waals surface area contributed by atoms with Crippen LogP contribution in [0.15, 0.2) is 48.5 Å². The summed E-state index contributed by atoms with van der Waals surface area (Å²) in [5.41, 5.74) is 6.76. The highest BCUT2D eigenvalue weighted by Crippen LogP contribution is 2.29. The molecule has 0 saturated carbocycles. The average molecular weight is 356 g/mol. The number of benzene rings is 2. The number of carbonyl (C=O) groups is 2. The molecule has 3 N–H and O–H groups in total. The molecular formula is C20H24N2O4. The zero-order chi connectivity index (χ0) is 18.9. The lowest BCUT2D eigenvalue weighted by molar-refractivity contribution is -0.119. The average Bonchev–Trinajstić information content (AvgIpc) is 2.64. The number of nitrogens with one attached hydrogen (secondary N) is 1. The zero-order valence-electron chi connectivity index (χ0n) is 15.0. The van der Waals surface area contributed by atoms with Crippen molar-refractivity contribution in [1.29, 1.82) is 0 Å². The van der Waals surface area contributed by atoms with Crippen molar-refractivity contribution < 1.29 is 19.1 Å². The lowest BCUT2D eigenvalue weighted by atomic mass is 10.0. The Morgan fingerprint density at radius 1 is 1.00 bits per heavy atom. The van der Waals surface area contributed by atoms with Crippen LogP contribution in [-0.2, 0) is 11.2 Å². The van der Waals surface area contributed by atoms with Crippen LogP contribution in [0.3, 0.4) is 0 Å². The Balaban J connectivity index is 2.15. The number of carbonyl (C=O) groups excluding carboxylic acids is 2. The molecule has 2 rings (SSSR count). The third-order valence-corrected chi connectivity index (χ3v) is 3.73. The number of nitrogens with two attached hydrogens (primary N) is 1. The van der Waals surface area contributed by atoms with Crippen molar-refractivity contribution in [1.82, 2.24) is 5.32 Å². The Hall–Kier alpha value is -3.02. The van der Waals surface area contributed by atoms with Crippen LogP contribution < -0.4 is 20.5 Å². The normalized spacial score (nSPS) is 11.5. The monoisotopic (exact) mass is 356 g/mol. The minimum Gasteiger partial charge on any atom is -0.490 e. The number of amides is 2. The van der Waals surface area contributed by atoms with Crippen LogP contribution in [0.1, 0.15) is 29.8 Å². The quantitative estimate of drug-likeness (QED) is 0.721. The van der Waals surface area contributed by atoms with Gasteiger partial charge in [0, 0.05) is 12.0 Å². The summed E-state index contributed by atoms with van der Waals surface area (Å²) < 4.78 is 11.1. The van der Waals surface area contributed by atoms with E-state index >= 15 is 0 Å². The molecule has 0 aromatic heterocycles. The molecule has 0 fully saturated rings. The van der Waals surface area contributed by atoms with E-state index in [9.17, 15) is 9.59 Å². The van der Waals surface area contributed by atoms with E-state index in [4.69, 9.17) is 15.2 Å². The van der Waals surface area contributed by atoms with E-state index in [1.807, 2.05) is 26.0 Å². The first-order valence-corrected chi connectivity index (χ1v) is 8.58. The molecule has 0 aliphatic rings. The van der Waals surface area contributed by atoms with Crippen LogP contribution in [0.2, 0.25) is 0 Å². The maximum Gasteiger partial charge on any atom is 0.251 e. The molecule has 0 heterocycles. The highest BCUT2D eigenvalue weighted by atomic mass is 16.5. The third kappa shape index (κ3) is 5.24. The van der Waals surface area contributed by atoms with Crippen molar-refractivity contribution in [3.05, 3.63) is 59.7 Å². The topological polar surface area (TPSA) is 90.6 Å². The highest BCUT2D eigenvalue weighted by Gasteiger charge is 2.20. The molecule has 0 radical (unpaired) electrons. The van der Waals surface area contributed by atoms with Crippen LogP contribution in [0.4, 0.5) is 0 Å². The predicted octanol–water partition coefficient (Wildman–Crippen LogP) is 2.31. The van der Waals surface area contributed by atoms with E-state index in [-0.39, 0.29) is 12.3 Å². The van der Waals surface area contributed by atoms with Gasteiger partial charge < -0.3 is 20.5 Å².